The molecule has 0 bridgehead atoms. The Labute approximate surface area is 240 Å². The molecule has 2 aromatic carbocycles. The third kappa shape index (κ3) is 8.77. The molecule has 7 nitrogen and oxygen atoms in total. The van der Waals surface area contributed by atoms with Crippen LogP contribution >= 0.6 is 0 Å². The van der Waals surface area contributed by atoms with E-state index in [0.717, 1.165) is 49.9 Å². The van der Waals surface area contributed by atoms with Crippen LogP contribution in [0.1, 0.15) is 74.7 Å². The van der Waals surface area contributed by atoms with Gasteiger partial charge in [0.15, 0.2) is 11.5 Å². The van der Waals surface area contributed by atoms with Crippen molar-refractivity contribution in [3.05, 3.63) is 59.2 Å². The second-order valence-corrected chi connectivity index (χ2v) is 10.6. The number of hydrogen-bond acceptors (Lipinski definition) is 5. The van der Waals surface area contributed by atoms with Crippen molar-refractivity contribution in [2.24, 2.45) is 5.92 Å². The van der Waals surface area contributed by atoms with Gasteiger partial charge in [-0.05, 0) is 49.8 Å². The molecule has 1 saturated heterocycles. The van der Waals surface area contributed by atoms with Crippen LogP contribution in [0.5, 0.6) is 17.2 Å². The highest BCUT2D eigenvalue weighted by molar-refractivity contribution is 5.96. The van der Waals surface area contributed by atoms with Gasteiger partial charge in [-0.1, -0.05) is 68.2 Å². The van der Waals surface area contributed by atoms with Crippen LogP contribution in [0, 0.1) is 5.92 Å². The summed E-state index contributed by atoms with van der Waals surface area (Å²) in [5.74, 6) is 1.86. The summed E-state index contributed by atoms with van der Waals surface area (Å²) in [7, 11) is 4.65. The number of benzene rings is 2. The summed E-state index contributed by atoms with van der Waals surface area (Å²) in [6.07, 6.45) is 8.98. The van der Waals surface area contributed by atoms with Crippen LogP contribution in [0.4, 0.5) is 0 Å². The lowest BCUT2D eigenvalue weighted by atomic mass is 9.95. The fourth-order valence-electron chi connectivity index (χ4n) is 5.32. The standard InChI is InChI=1S/C33H46N2O5/c1-6-7-8-12-15-31(36)34-18-16-27(17-19-34)24-35(23-25(2)20-26-13-10-9-11-14-26)33(37)28-21-29(38-3)32(40-5)30(22-28)39-4/h9-11,13-14,20-22,27H,6-8,12,15-19,23-24H2,1-5H3/b25-20+. The monoisotopic (exact) mass is 550 g/mol. The zero-order chi connectivity index (χ0) is 28.9. The van der Waals surface area contributed by atoms with Crippen LogP contribution in [0.2, 0.25) is 0 Å². The van der Waals surface area contributed by atoms with Crippen molar-refractivity contribution in [3.63, 3.8) is 0 Å². The second kappa shape index (κ2) is 15.9. The number of likely N-dealkylation sites (tertiary alicyclic amines) is 1. The van der Waals surface area contributed by atoms with Gasteiger partial charge < -0.3 is 24.0 Å². The fraction of sp³-hybridized carbons (Fsp3) is 0.515. The highest BCUT2D eigenvalue weighted by atomic mass is 16.5. The molecule has 40 heavy (non-hydrogen) atoms. The first kappa shape index (κ1) is 31.1. The molecule has 0 radical (unpaired) electrons. The molecule has 3 rings (SSSR count). The molecule has 0 aliphatic carbocycles. The van der Waals surface area contributed by atoms with Gasteiger partial charge in [0, 0.05) is 38.2 Å². The van der Waals surface area contributed by atoms with Gasteiger partial charge in [0.1, 0.15) is 0 Å². The van der Waals surface area contributed by atoms with E-state index in [1.165, 1.54) is 12.8 Å². The van der Waals surface area contributed by atoms with E-state index in [2.05, 4.69) is 32.1 Å². The van der Waals surface area contributed by atoms with Crippen molar-refractivity contribution in [2.75, 3.05) is 47.5 Å². The summed E-state index contributed by atoms with van der Waals surface area (Å²) in [4.78, 5) is 30.6. The van der Waals surface area contributed by atoms with Gasteiger partial charge in [0.2, 0.25) is 11.7 Å². The summed E-state index contributed by atoms with van der Waals surface area (Å²) >= 11 is 0. The minimum atomic E-state index is -0.0884. The number of methoxy groups -OCH3 is 3. The molecule has 1 aliphatic rings. The van der Waals surface area contributed by atoms with Gasteiger partial charge in [-0.25, -0.2) is 0 Å². The number of rotatable bonds is 14. The van der Waals surface area contributed by atoms with E-state index in [9.17, 15) is 9.59 Å². The molecule has 7 heteroatoms. The first-order chi connectivity index (χ1) is 19.4. The van der Waals surface area contributed by atoms with E-state index in [1.807, 2.05) is 28.0 Å². The topological polar surface area (TPSA) is 68.3 Å². The smallest absolute Gasteiger partial charge is 0.254 e. The minimum Gasteiger partial charge on any atom is -0.493 e. The summed E-state index contributed by atoms with van der Waals surface area (Å²) < 4.78 is 16.5. The molecule has 0 atom stereocenters. The van der Waals surface area contributed by atoms with E-state index < -0.39 is 0 Å². The predicted octanol–water partition coefficient (Wildman–Crippen LogP) is 6.47. The Kier molecular flexibility index (Phi) is 12.4. The lowest BCUT2D eigenvalue weighted by molar-refractivity contribution is -0.132. The van der Waals surface area contributed by atoms with Crippen molar-refractivity contribution in [1.29, 1.82) is 0 Å². The molecule has 1 heterocycles. The molecule has 2 aromatic rings. The third-order valence-corrected chi connectivity index (χ3v) is 7.54. The Balaban J connectivity index is 1.76. The first-order valence-electron chi connectivity index (χ1n) is 14.5. The van der Waals surface area contributed by atoms with Crippen molar-refractivity contribution in [3.8, 4) is 17.2 Å². The average molecular weight is 551 g/mol. The van der Waals surface area contributed by atoms with Crippen LogP contribution in [-0.4, -0.2) is 69.1 Å². The van der Waals surface area contributed by atoms with Gasteiger partial charge in [-0.15, -0.1) is 0 Å². The zero-order valence-corrected chi connectivity index (χ0v) is 24.9. The minimum absolute atomic E-state index is 0.0884. The van der Waals surface area contributed by atoms with Crippen molar-refractivity contribution >= 4 is 17.9 Å². The quantitative estimate of drug-likeness (QED) is 0.252. The Morgan fingerprint density at radius 2 is 1.60 bits per heavy atom. The molecule has 0 spiro atoms. The molecule has 218 valence electrons. The van der Waals surface area contributed by atoms with E-state index in [-0.39, 0.29) is 11.8 Å². The first-order valence-corrected chi connectivity index (χ1v) is 14.5. The predicted molar refractivity (Wildman–Crippen MR) is 160 cm³/mol. The third-order valence-electron chi connectivity index (χ3n) is 7.54. The maximum atomic E-state index is 14.0. The normalized spacial score (nSPS) is 14.1. The molecule has 0 saturated carbocycles. The van der Waals surface area contributed by atoms with Crippen molar-refractivity contribution in [1.82, 2.24) is 9.80 Å². The van der Waals surface area contributed by atoms with Gasteiger partial charge in [-0.2, -0.15) is 0 Å². The number of unbranched alkanes of at least 4 members (excludes halogenated alkanes) is 3. The Morgan fingerprint density at radius 1 is 0.950 bits per heavy atom. The molecular formula is C33H46N2O5. The Bertz CT molecular complexity index is 1100. The lowest BCUT2D eigenvalue weighted by Gasteiger charge is -2.35. The number of ether oxygens (including phenoxy) is 3. The fourth-order valence-corrected chi connectivity index (χ4v) is 5.32. The number of hydrogen-bond donors (Lipinski definition) is 0. The van der Waals surface area contributed by atoms with Crippen LogP contribution in [-0.2, 0) is 4.79 Å². The molecule has 2 amide bonds. The maximum Gasteiger partial charge on any atom is 0.254 e. The average Bonchev–Trinajstić information content (AvgIpc) is 2.98. The number of piperidine rings is 1. The lowest BCUT2D eigenvalue weighted by Crippen LogP contribution is -2.43. The Morgan fingerprint density at radius 3 is 2.17 bits per heavy atom. The molecule has 0 aromatic heterocycles. The van der Waals surface area contributed by atoms with E-state index >= 15 is 0 Å². The largest absolute Gasteiger partial charge is 0.493 e. The number of carbonyl (C=O) groups is 2. The SMILES string of the molecule is CCCCCCC(=O)N1CCC(CN(C/C(C)=C/c2ccccc2)C(=O)c2cc(OC)c(OC)c(OC)c2)CC1. The molecule has 0 N–H and O–H groups in total. The van der Waals surface area contributed by atoms with Gasteiger partial charge in [-0.3, -0.25) is 9.59 Å². The molecular weight excluding hydrogens is 504 g/mol. The van der Waals surface area contributed by atoms with E-state index in [0.29, 0.717) is 48.2 Å². The van der Waals surface area contributed by atoms with E-state index in [1.54, 1.807) is 33.5 Å². The summed E-state index contributed by atoms with van der Waals surface area (Å²) in [6.45, 7) is 6.86. The number of nitrogens with zero attached hydrogens (tertiary/aromatic N) is 2. The summed E-state index contributed by atoms with van der Waals surface area (Å²) in [5.41, 5.74) is 2.68. The van der Waals surface area contributed by atoms with Crippen LogP contribution in [0.25, 0.3) is 6.08 Å². The van der Waals surface area contributed by atoms with Gasteiger partial charge >= 0.3 is 0 Å². The summed E-state index contributed by atoms with van der Waals surface area (Å²) in [6, 6.07) is 13.6. The Hall–Kier alpha value is -3.48. The van der Waals surface area contributed by atoms with Crippen LogP contribution in [0.15, 0.2) is 48.0 Å². The van der Waals surface area contributed by atoms with Gasteiger partial charge in [0.25, 0.3) is 5.91 Å². The van der Waals surface area contributed by atoms with Crippen LogP contribution < -0.4 is 14.2 Å². The molecule has 0 unspecified atom stereocenters. The zero-order valence-electron chi connectivity index (χ0n) is 24.9. The molecule has 1 fully saturated rings. The molecule has 1 aliphatic heterocycles. The van der Waals surface area contributed by atoms with E-state index in [4.69, 9.17) is 14.2 Å². The number of carbonyl (C=O) groups excluding carboxylic acids is 2. The van der Waals surface area contributed by atoms with Crippen molar-refractivity contribution < 1.29 is 23.8 Å². The highest BCUT2D eigenvalue weighted by Crippen LogP contribution is 2.38. The highest BCUT2D eigenvalue weighted by Gasteiger charge is 2.27. The summed E-state index contributed by atoms with van der Waals surface area (Å²) in [5, 5.41) is 0. The van der Waals surface area contributed by atoms with Gasteiger partial charge in [0.05, 0.1) is 21.3 Å². The van der Waals surface area contributed by atoms with Crippen LogP contribution in [0.3, 0.4) is 0 Å². The maximum absolute atomic E-state index is 14.0. The van der Waals surface area contributed by atoms with Crippen molar-refractivity contribution in [2.45, 2.75) is 58.8 Å². The second-order valence-electron chi connectivity index (χ2n) is 10.6. The number of amides is 2.